The molecule has 0 spiro atoms. The molecule has 0 radical (unpaired) electrons. The van der Waals surface area contributed by atoms with E-state index in [1.165, 1.54) is 11.3 Å². The van der Waals surface area contributed by atoms with E-state index in [4.69, 9.17) is 0 Å². The molecule has 11 heavy (non-hydrogen) atoms. The molecule has 5 heteroatoms. The Morgan fingerprint density at radius 2 is 2.27 bits per heavy atom. The van der Waals surface area contributed by atoms with Gasteiger partial charge in [-0.15, -0.1) is 11.3 Å². The van der Waals surface area contributed by atoms with Crippen molar-refractivity contribution in [3.8, 4) is 5.06 Å². The minimum atomic E-state index is -1.08. The Bertz CT molecular complexity index is 267. The van der Waals surface area contributed by atoms with Gasteiger partial charge in [-0.05, 0) is 17.5 Å². The summed E-state index contributed by atoms with van der Waals surface area (Å²) in [5, 5.41) is 2.10. The highest BCUT2D eigenvalue weighted by molar-refractivity contribution is 7.11. The number of amides is 1. The summed E-state index contributed by atoms with van der Waals surface area (Å²) in [7, 11) is 0. The molecule has 1 aromatic heterocycles. The Morgan fingerprint density at radius 1 is 1.55 bits per heavy atom. The molecule has 0 saturated heterocycles. The molecule has 0 aliphatic rings. The molecule has 2 N–H and O–H groups in total. The van der Waals surface area contributed by atoms with E-state index < -0.39 is 11.9 Å². The number of carbonyl (C=O) groups is 2. The van der Waals surface area contributed by atoms with Crippen molar-refractivity contribution in [2.24, 2.45) is 5.73 Å². The zero-order chi connectivity index (χ0) is 8.27. The van der Waals surface area contributed by atoms with Gasteiger partial charge in [-0.2, -0.15) is 0 Å². The second-order valence-electron chi connectivity index (χ2n) is 1.69. The van der Waals surface area contributed by atoms with Gasteiger partial charge in [-0.25, -0.2) is 4.79 Å². The minimum absolute atomic E-state index is 0.369. The quantitative estimate of drug-likeness (QED) is 0.482. The summed E-state index contributed by atoms with van der Waals surface area (Å²) in [4.78, 5) is 20.7. The number of ether oxygens (including phenoxy) is 1. The normalized spacial score (nSPS) is 9.09. The SMILES string of the molecule is NC(=O)C(=O)Oc1cccs1. The van der Waals surface area contributed by atoms with E-state index in [2.05, 4.69) is 10.5 Å². The molecule has 1 heterocycles. The van der Waals surface area contributed by atoms with Crippen LogP contribution in [0.2, 0.25) is 0 Å². The molecule has 0 aliphatic carbocycles. The predicted molar refractivity (Wildman–Crippen MR) is 39.1 cm³/mol. The van der Waals surface area contributed by atoms with Gasteiger partial charge in [-0.3, -0.25) is 4.79 Å². The van der Waals surface area contributed by atoms with Crippen molar-refractivity contribution < 1.29 is 14.3 Å². The Hall–Kier alpha value is -1.36. The molecule has 1 aromatic rings. The largest absolute Gasteiger partial charge is 0.408 e. The highest BCUT2D eigenvalue weighted by Gasteiger charge is 2.11. The first-order valence-corrected chi connectivity index (χ1v) is 3.63. The van der Waals surface area contributed by atoms with Gasteiger partial charge >= 0.3 is 11.9 Å². The van der Waals surface area contributed by atoms with Crippen LogP contribution >= 0.6 is 11.3 Å². The molecular formula is C6H5NO3S. The Balaban J connectivity index is 2.57. The van der Waals surface area contributed by atoms with Gasteiger partial charge in [0.1, 0.15) is 0 Å². The van der Waals surface area contributed by atoms with Gasteiger partial charge in [0, 0.05) is 0 Å². The molecule has 4 nitrogen and oxygen atoms in total. The Labute approximate surface area is 66.6 Å². The van der Waals surface area contributed by atoms with Gasteiger partial charge in [0.25, 0.3) is 0 Å². The van der Waals surface area contributed by atoms with Gasteiger partial charge in [0.05, 0.1) is 0 Å². The topological polar surface area (TPSA) is 69.4 Å². The van der Waals surface area contributed by atoms with Crippen LogP contribution in [-0.4, -0.2) is 11.9 Å². The smallest absolute Gasteiger partial charge is 0.402 e. The van der Waals surface area contributed by atoms with Crippen LogP contribution in [0, 0.1) is 0 Å². The van der Waals surface area contributed by atoms with Crippen molar-refractivity contribution in [1.29, 1.82) is 0 Å². The first-order valence-electron chi connectivity index (χ1n) is 2.75. The predicted octanol–water partition coefficient (Wildman–Crippen LogP) is 0.139. The molecular weight excluding hydrogens is 166 g/mol. The molecule has 0 fully saturated rings. The average Bonchev–Trinajstić information content (AvgIpc) is 2.39. The lowest BCUT2D eigenvalue weighted by Crippen LogP contribution is -2.27. The number of nitrogens with two attached hydrogens (primary N) is 1. The number of hydrogen-bond acceptors (Lipinski definition) is 4. The maximum absolute atomic E-state index is 10.5. The number of thiophene rings is 1. The van der Waals surface area contributed by atoms with Gasteiger partial charge in [0.2, 0.25) is 0 Å². The summed E-state index contributed by atoms with van der Waals surface area (Å²) >= 11 is 1.22. The molecule has 0 aliphatic heterocycles. The Kier molecular flexibility index (Phi) is 2.22. The fourth-order valence-corrected chi connectivity index (χ4v) is 1.04. The standard InChI is InChI=1S/C6H5NO3S/c7-5(8)6(9)10-4-2-1-3-11-4/h1-3H,(H2,7,8). The molecule has 0 bridgehead atoms. The van der Waals surface area contributed by atoms with Crippen LogP contribution in [0.3, 0.4) is 0 Å². The second kappa shape index (κ2) is 3.16. The molecule has 1 amide bonds. The van der Waals surface area contributed by atoms with Crippen LogP contribution in [0.4, 0.5) is 0 Å². The molecule has 1 rings (SSSR count). The van der Waals surface area contributed by atoms with Crippen LogP contribution in [0.1, 0.15) is 0 Å². The van der Waals surface area contributed by atoms with Crippen LogP contribution in [0.25, 0.3) is 0 Å². The minimum Gasteiger partial charge on any atom is -0.408 e. The van der Waals surface area contributed by atoms with E-state index in [9.17, 15) is 9.59 Å². The lowest BCUT2D eigenvalue weighted by molar-refractivity contribution is -0.146. The van der Waals surface area contributed by atoms with Crippen LogP contribution < -0.4 is 10.5 Å². The third-order valence-corrected chi connectivity index (χ3v) is 1.63. The van der Waals surface area contributed by atoms with E-state index in [1.807, 2.05) is 0 Å². The number of esters is 1. The Morgan fingerprint density at radius 3 is 2.73 bits per heavy atom. The van der Waals surface area contributed by atoms with Crippen LogP contribution in [0.15, 0.2) is 17.5 Å². The molecule has 0 unspecified atom stereocenters. The molecule has 0 saturated carbocycles. The second-order valence-corrected chi connectivity index (χ2v) is 2.60. The summed E-state index contributed by atoms with van der Waals surface area (Å²) in [6.45, 7) is 0. The van der Waals surface area contributed by atoms with Crippen molar-refractivity contribution in [2.45, 2.75) is 0 Å². The number of hydrogen-bond donors (Lipinski definition) is 1. The van der Waals surface area contributed by atoms with Crippen LogP contribution in [0.5, 0.6) is 5.06 Å². The summed E-state index contributed by atoms with van der Waals surface area (Å²) in [6.07, 6.45) is 0. The third kappa shape index (κ3) is 2.05. The van der Waals surface area contributed by atoms with Gasteiger partial charge in [-0.1, -0.05) is 0 Å². The van der Waals surface area contributed by atoms with E-state index in [1.54, 1.807) is 17.5 Å². The van der Waals surface area contributed by atoms with E-state index in [0.29, 0.717) is 5.06 Å². The summed E-state index contributed by atoms with van der Waals surface area (Å²) in [5.74, 6) is -2.12. The number of carbonyl (C=O) groups excluding carboxylic acids is 2. The van der Waals surface area contributed by atoms with Gasteiger partial charge < -0.3 is 10.5 Å². The van der Waals surface area contributed by atoms with Crippen molar-refractivity contribution in [1.82, 2.24) is 0 Å². The summed E-state index contributed by atoms with van der Waals surface area (Å²) in [5.41, 5.74) is 4.64. The average molecular weight is 171 g/mol. The maximum atomic E-state index is 10.5. The van der Waals surface area contributed by atoms with Crippen LogP contribution in [-0.2, 0) is 9.59 Å². The highest BCUT2D eigenvalue weighted by atomic mass is 32.1. The van der Waals surface area contributed by atoms with Gasteiger partial charge in [0.15, 0.2) is 5.06 Å². The van der Waals surface area contributed by atoms with Crippen molar-refractivity contribution >= 4 is 23.2 Å². The maximum Gasteiger partial charge on any atom is 0.402 e. The summed E-state index contributed by atoms with van der Waals surface area (Å²) < 4.78 is 4.52. The van der Waals surface area contributed by atoms with E-state index >= 15 is 0 Å². The zero-order valence-electron chi connectivity index (χ0n) is 5.44. The molecule has 0 atom stereocenters. The first kappa shape index (κ1) is 7.74. The third-order valence-electron chi connectivity index (χ3n) is 0.890. The van der Waals surface area contributed by atoms with E-state index in [0.717, 1.165) is 0 Å². The fourth-order valence-electron chi connectivity index (χ4n) is 0.463. The zero-order valence-corrected chi connectivity index (χ0v) is 6.26. The molecule has 58 valence electrons. The first-order chi connectivity index (χ1) is 5.20. The monoisotopic (exact) mass is 171 g/mol. The molecule has 0 aromatic carbocycles. The van der Waals surface area contributed by atoms with Crippen molar-refractivity contribution in [3.63, 3.8) is 0 Å². The fraction of sp³-hybridized carbons (Fsp3) is 0. The lowest BCUT2D eigenvalue weighted by Gasteiger charge is -1.94. The highest BCUT2D eigenvalue weighted by Crippen LogP contribution is 2.17. The summed E-state index contributed by atoms with van der Waals surface area (Å²) in [6, 6.07) is 3.28. The van der Waals surface area contributed by atoms with E-state index in [-0.39, 0.29) is 0 Å². The van der Waals surface area contributed by atoms with Crippen molar-refractivity contribution in [2.75, 3.05) is 0 Å². The number of rotatable bonds is 1. The number of primary amides is 1. The van der Waals surface area contributed by atoms with Crippen molar-refractivity contribution in [3.05, 3.63) is 17.5 Å². The lowest BCUT2D eigenvalue weighted by atomic mass is 10.6.